The normalized spacial score (nSPS) is 11.4. The minimum atomic E-state index is 0.168. The fourth-order valence-corrected chi connectivity index (χ4v) is 2.18. The van der Waals surface area contributed by atoms with Gasteiger partial charge in [-0.1, -0.05) is 39.7 Å². The molecule has 1 rings (SSSR count). The topological polar surface area (TPSA) is 49.5 Å². The van der Waals surface area contributed by atoms with E-state index in [2.05, 4.69) is 25.7 Å². The lowest BCUT2D eigenvalue weighted by Crippen LogP contribution is -2.28. The zero-order valence-electron chi connectivity index (χ0n) is 11.8. The first-order valence-electron chi connectivity index (χ1n) is 6.90. The van der Waals surface area contributed by atoms with E-state index in [1.165, 1.54) is 12.8 Å². The minimum absolute atomic E-state index is 0.168. The van der Waals surface area contributed by atoms with Gasteiger partial charge in [-0.3, -0.25) is 4.90 Å². The summed E-state index contributed by atoms with van der Waals surface area (Å²) in [6, 6.07) is 5.49. The van der Waals surface area contributed by atoms with Crippen molar-refractivity contribution in [1.29, 1.82) is 0 Å². The molecule has 0 aliphatic carbocycles. The Morgan fingerprint density at radius 2 is 1.89 bits per heavy atom. The predicted octanol–water partition coefficient (Wildman–Crippen LogP) is 3.23. The van der Waals surface area contributed by atoms with Gasteiger partial charge >= 0.3 is 0 Å². The molecule has 1 aromatic rings. The monoisotopic (exact) mass is 250 g/mol. The number of hydrogen-bond donors (Lipinski definition) is 2. The molecule has 0 aromatic heterocycles. The Bertz CT molecular complexity index is 362. The highest BCUT2D eigenvalue weighted by molar-refractivity contribution is 5.53. The summed E-state index contributed by atoms with van der Waals surface area (Å²) in [7, 11) is 0. The smallest absolute Gasteiger partial charge is 0.138 e. The van der Waals surface area contributed by atoms with E-state index >= 15 is 0 Å². The molecule has 3 N–H and O–H groups in total. The third-order valence-corrected chi connectivity index (χ3v) is 3.62. The molecule has 0 bridgehead atoms. The Morgan fingerprint density at radius 1 is 1.22 bits per heavy atom. The number of nitrogens with two attached hydrogens (primary N) is 1. The predicted molar refractivity (Wildman–Crippen MR) is 77.5 cm³/mol. The maximum Gasteiger partial charge on any atom is 0.138 e. The van der Waals surface area contributed by atoms with Gasteiger partial charge in [-0.05, 0) is 30.2 Å². The molecule has 18 heavy (non-hydrogen) atoms. The highest BCUT2D eigenvalue weighted by Gasteiger charge is 2.10. The Hall–Kier alpha value is -1.22. The highest BCUT2D eigenvalue weighted by atomic mass is 16.3. The first-order chi connectivity index (χ1) is 8.60. The number of benzene rings is 1. The number of nitrogens with zero attached hydrogens (tertiary/aromatic N) is 1. The Labute approximate surface area is 111 Å². The van der Waals surface area contributed by atoms with Gasteiger partial charge in [0.2, 0.25) is 0 Å². The van der Waals surface area contributed by atoms with E-state index in [9.17, 15) is 5.11 Å². The van der Waals surface area contributed by atoms with Crippen LogP contribution in [0.25, 0.3) is 0 Å². The van der Waals surface area contributed by atoms with Crippen molar-refractivity contribution in [2.75, 3.05) is 18.8 Å². The Balaban J connectivity index is 2.64. The summed E-state index contributed by atoms with van der Waals surface area (Å²) in [6.07, 6.45) is 2.45. The lowest BCUT2D eigenvalue weighted by molar-refractivity contribution is 0.226. The van der Waals surface area contributed by atoms with Crippen molar-refractivity contribution in [3.05, 3.63) is 23.8 Å². The molecule has 0 aliphatic rings. The summed E-state index contributed by atoms with van der Waals surface area (Å²) in [5, 5.41) is 9.42. The molecule has 3 nitrogen and oxygen atoms in total. The van der Waals surface area contributed by atoms with Crippen LogP contribution in [-0.4, -0.2) is 23.1 Å². The van der Waals surface area contributed by atoms with E-state index in [-0.39, 0.29) is 5.75 Å². The molecule has 0 amide bonds. The van der Waals surface area contributed by atoms with E-state index in [1.807, 2.05) is 12.1 Å². The maximum atomic E-state index is 9.42. The quantitative estimate of drug-likeness (QED) is 0.577. The van der Waals surface area contributed by atoms with Gasteiger partial charge in [-0.25, -0.2) is 0 Å². The number of rotatable bonds is 7. The molecular weight excluding hydrogens is 224 g/mol. The minimum Gasteiger partial charge on any atom is -0.506 e. The molecule has 0 spiro atoms. The fourth-order valence-electron chi connectivity index (χ4n) is 2.18. The molecule has 1 aromatic carbocycles. The van der Waals surface area contributed by atoms with Gasteiger partial charge in [0, 0.05) is 13.1 Å². The number of anilines is 1. The molecule has 3 heteroatoms. The summed E-state index contributed by atoms with van der Waals surface area (Å²) in [5.41, 5.74) is 7.35. The average molecular weight is 250 g/mol. The molecule has 0 atom stereocenters. The molecule has 0 fully saturated rings. The summed E-state index contributed by atoms with van der Waals surface area (Å²) in [5.74, 6) is 0.932. The van der Waals surface area contributed by atoms with Crippen LogP contribution in [0.2, 0.25) is 0 Å². The molecule has 102 valence electrons. The summed E-state index contributed by atoms with van der Waals surface area (Å²) < 4.78 is 0. The van der Waals surface area contributed by atoms with E-state index in [0.717, 1.165) is 31.1 Å². The maximum absolute atomic E-state index is 9.42. The molecule has 0 heterocycles. The fraction of sp³-hybridized carbons (Fsp3) is 0.600. The first kappa shape index (κ1) is 14.8. The first-order valence-corrected chi connectivity index (χ1v) is 6.90. The van der Waals surface area contributed by atoms with Crippen molar-refractivity contribution >= 4 is 5.69 Å². The summed E-state index contributed by atoms with van der Waals surface area (Å²) in [6.45, 7) is 9.76. The van der Waals surface area contributed by atoms with E-state index in [1.54, 1.807) is 6.07 Å². The molecular formula is C15H26N2O. The number of hydrogen-bond acceptors (Lipinski definition) is 3. The second kappa shape index (κ2) is 7.27. The molecule has 0 unspecified atom stereocenters. The number of aromatic hydroxyl groups is 1. The van der Waals surface area contributed by atoms with Crippen LogP contribution in [0.3, 0.4) is 0 Å². The SMILES string of the molecule is CCC(CC)CN(CC)Cc1ccc(O)c(N)c1. The van der Waals surface area contributed by atoms with Crippen LogP contribution in [0.15, 0.2) is 18.2 Å². The van der Waals surface area contributed by atoms with Gasteiger partial charge in [0.15, 0.2) is 0 Å². The van der Waals surface area contributed by atoms with E-state index in [4.69, 9.17) is 5.73 Å². The van der Waals surface area contributed by atoms with Crippen molar-refractivity contribution in [1.82, 2.24) is 4.90 Å². The summed E-state index contributed by atoms with van der Waals surface area (Å²) >= 11 is 0. The van der Waals surface area contributed by atoms with Crippen LogP contribution < -0.4 is 5.73 Å². The zero-order chi connectivity index (χ0) is 13.5. The number of nitrogen functional groups attached to an aromatic ring is 1. The second-order valence-corrected chi connectivity index (χ2v) is 4.90. The lowest BCUT2D eigenvalue weighted by atomic mass is 10.0. The lowest BCUT2D eigenvalue weighted by Gasteiger charge is -2.25. The van der Waals surface area contributed by atoms with Gasteiger partial charge in [-0.15, -0.1) is 0 Å². The molecule has 0 saturated carbocycles. The third kappa shape index (κ3) is 4.22. The molecule has 0 aliphatic heterocycles. The van der Waals surface area contributed by atoms with E-state index < -0.39 is 0 Å². The highest BCUT2D eigenvalue weighted by Crippen LogP contribution is 2.21. The van der Waals surface area contributed by atoms with Crippen LogP contribution in [0, 0.1) is 5.92 Å². The molecule has 0 saturated heterocycles. The average Bonchev–Trinajstić information content (AvgIpc) is 2.38. The third-order valence-electron chi connectivity index (χ3n) is 3.62. The van der Waals surface area contributed by atoms with Crippen molar-refractivity contribution < 1.29 is 5.11 Å². The Kier molecular flexibility index (Phi) is 5.99. The van der Waals surface area contributed by atoms with Crippen LogP contribution in [0.5, 0.6) is 5.75 Å². The summed E-state index contributed by atoms with van der Waals surface area (Å²) in [4.78, 5) is 2.43. The number of phenolic OH excluding ortho intramolecular Hbond substituents is 1. The second-order valence-electron chi connectivity index (χ2n) is 4.90. The molecule has 0 radical (unpaired) electrons. The van der Waals surface area contributed by atoms with Gasteiger partial charge in [0.1, 0.15) is 5.75 Å². The van der Waals surface area contributed by atoms with Crippen LogP contribution >= 0.6 is 0 Å². The largest absolute Gasteiger partial charge is 0.506 e. The van der Waals surface area contributed by atoms with Crippen LogP contribution in [0.4, 0.5) is 5.69 Å². The van der Waals surface area contributed by atoms with Crippen LogP contribution in [0.1, 0.15) is 39.2 Å². The van der Waals surface area contributed by atoms with Crippen molar-refractivity contribution in [2.45, 2.75) is 40.2 Å². The Morgan fingerprint density at radius 3 is 2.39 bits per heavy atom. The van der Waals surface area contributed by atoms with Gasteiger partial charge in [0.05, 0.1) is 5.69 Å². The van der Waals surface area contributed by atoms with Crippen molar-refractivity contribution in [2.24, 2.45) is 5.92 Å². The number of phenols is 1. The van der Waals surface area contributed by atoms with Crippen molar-refractivity contribution in [3.8, 4) is 5.75 Å². The van der Waals surface area contributed by atoms with Gasteiger partial charge in [-0.2, -0.15) is 0 Å². The van der Waals surface area contributed by atoms with Gasteiger partial charge < -0.3 is 10.8 Å². The van der Waals surface area contributed by atoms with Crippen molar-refractivity contribution in [3.63, 3.8) is 0 Å². The standard InChI is InChI=1S/C15H26N2O/c1-4-12(5-2)10-17(6-3)11-13-7-8-15(18)14(16)9-13/h7-9,12,18H,4-6,10-11,16H2,1-3H3. The zero-order valence-corrected chi connectivity index (χ0v) is 11.8. The van der Waals surface area contributed by atoms with E-state index in [0.29, 0.717) is 5.69 Å². The van der Waals surface area contributed by atoms with Gasteiger partial charge in [0.25, 0.3) is 0 Å². The van der Waals surface area contributed by atoms with Crippen LogP contribution in [-0.2, 0) is 6.54 Å².